The highest BCUT2D eigenvalue weighted by atomic mass is 16.2. The average molecular weight is 401 g/mol. The van der Waals surface area contributed by atoms with E-state index in [2.05, 4.69) is 51.8 Å². The summed E-state index contributed by atoms with van der Waals surface area (Å²) in [5.41, 5.74) is 1.42. The third-order valence-electron chi connectivity index (χ3n) is 9.26. The number of nitrogens with zero attached hydrogens (tertiary/aromatic N) is 1. The molecule has 1 saturated heterocycles. The third kappa shape index (κ3) is 3.08. The van der Waals surface area contributed by atoms with Crippen molar-refractivity contribution < 1.29 is 9.59 Å². The van der Waals surface area contributed by atoms with E-state index in [1.807, 2.05) is 6.08 Å². The second kappa shape index (κ2) is 7.13. The number of rotatable bonds is 3. The Morgan fingerprint density at radius 3 is 2.41 bits per heavy atom. The van der Waals surface area contributed by atoms with E-state index in [4.69, 9.17) is 0 Å². The van der Waals surface area contributed by atoms with Crippen molar-refractivity contribution in [3.8, 4) is 0 Å². The van der Waals surface area contributed by atoms with E-state index in [1.165, 1.54) is 18.5 Å². The molecule has 1 amide bonds. The predicted molar refractivity (Wildman–Crippen MR) is 116 cm³/mol. The van der Waals surface area contributed by atoms with E-state index in [9.17, 15) is 9.59 Å². The standard InChI is InChI=1S/C25H40N2O2/c1-15(2)27(16(3)4)23(29)21-8-7-19-18-14-26-22-13-17(28)9-11-25(22,6)20(18)10-12-24(19,21)5/h13,15-16,18-21,26H,7-12,14H2,1-6H3/t18?,19?,20?,21-,24+,25-/m1/s1. The summed E-state index contributed by atoms with van der Waals surface area (Å²) in [4.78, 5) is 27.7. The average Bonchev–Trinajstić information content (AvgIpc) is 2.99. The first kappa shape index (κ1) is 20.9. The molecule has 3 aliphatic carbocycles. The van der Waals surface area contributed by atoms with Gasteiger partial charge in [0.2, 0.25) is 5.91 Å². The van der Waals surface area contributed by atoms with Crippen molar-refractivity contribution in [3.05, 3.63) is 11.8 Å². The van der Waals surface area contributed by atoms with Crippen LogP contribution in [0, 0.1) is 34.5 Å². The number of fused-ring (bicyclic) bond motifs is 5. The Morgan fingerprint density at radius 2 is 1.76 bits per heavy atom. The van der Waals surface area contributed by atoms with Crippen LogP contribution in [0.2, 0.25) is 0 Å². The lowest BCUT2D eigenvalue weighted by molar-refractivity contribution is -0.146. The van der Waals surface area contributed by atoms with Crippen LogP contribution in [0.5, 0.6) is 0 Å². The van der Waals surface area contributed by atoms with Crippen molar-refractivity contribution in [2.45, 2.75) is 92.2 Å². The van der Waals surface area contributed by atoms with Crippen molar-refractivity contribution in [2.75, 3.05) is 6.54 Å². The van der Waals surface area contributed by atoms with Crippen LogP contribution >= 0.6 is 0 Å². The van der Waals surface area contributed by atoms with E-state index in [-0.39, 0.29) is 34.6 Å². The molecule has 0 aromatic heterocycles. The third-order valence-corrected chi connectivity index (χ3v) is 9.26. The van der Waals surface area contributed by atoms with Gasteiger partial charge >= 0.3 is 0 Å². The Balaban J connectivity index is 1.60. The first-order chi connectivity index (χ1) is 13.6. The summed E-state index contributed by atoms with van der Waals surface area (Å²) in [6, 6.07) is 0.508. The Kier molecular flexibility index (Phi) is 5.15. The molecule has 1 N–H and O–H groups in total. The van der Waals surface area contributed by atoms with Crippen molar-refractivity contribution in [2.24, 2.45) is 34.5 Å². The minimum atomic E-state index is 0.113. The fourth-order valence-corrected chi connectivity index (χ4v) is 7.84. The maximum Gasteiger partial charge on any atom is 0.226 e. The lowest BCUT2D eigenvalue weighted by atomic mass is 9.50. The molecule has 0 radical (unpaired) electrons. The molecule has 0 bridgehead atoms. The molecule has 4 rings (SSSR count). The van der Waals surface area contributed by atoms with Crippen LogP contribution in [0.4, 0.5) is 0 Å². The molecule has 6 atom stereocenters. The van der Waals surface area contributed by atoms with Gasteiger partial charge in [-0.05, 0) is 83.0 Å². The van der Waals surface area contributed by atoms with Gasteiger partial charge < -0.3 is 10.2 Å². The minimum Gasteiger partial charge on any atom is -0.387 e. The highest BCUT2D eigenvalue weighted by molar-refractivity contribution is 5.91. The number of carbonyl (C=O) groups is 2. The topological polar surface area (TPSA) is 49.4 Å². The van der Waals surface area contributed by atoms with Crippen LogP contribution in [0.1, 0.15) is 80.1 Å². The molecule has 162 valence electrons. The fraction of sp³-hybridized carbons (Fsp3) is 0.840. The van der Waals surface area contributed by atoms with E-state index in [0.717, 1.165) is 25.8 Å². The number of hydrogen-bond acceptors (Lipinski definition) is 3. The summed E-state index contributed by atoms with van der Waals surface area (Å²) in [5.74, 6) is 2.70. The Labute approximate surface area is 176 Å². The number of piperidine rings is 1. The maximum absolute atomic E-state index is 13.6. The molecular weight excluding hydrogens is 360 g/mol. The van der Waals surface area contributed by atoms with Crippen molar-refractivity contribution >= 4 is 11.7 Å². The highest BCUT2D eigenvalue weighted by Crippen LogP contribution is 2.64. The molecule has 29 heavy (non-hydrogen) atoms. The van der Waals surface area contributed by atoms with Crippen molar-refractivity contribution in [1.29, 1.82) is 0 Å². The zero-order valence-corrected chi connectivity index (χ0v) is 19.3. The predicted octanol–water partition coefficient (Wildman–Crippen LogP) is 4.55. The Hall–Kier alpha value is -1.32. The molecule has 3 fully saturated rings. The second-order valence-corrected chi connectivity index (χ2v) is 11.3. The molecule has 0 aromatic rings. The largest absolute Gasteiger partial charge is 0.387 e. The molecule has 4 nitrogen and oxygen atoms in total. The van der Waals surface area contributed by atoms with Gasteiger partial charge in [0.25, 0.3) is 0 Å². The van der Waals surface area contributed by atoms with Crippen LogP contribution in [0.15, 0.2) is 11.8 Å². The molecule has 3 unspecified atom stereocenters. The van der Waals surface area contributed by atoms with E-state index in [1.54, 1.807) is 0 Å². The van der Waals surface area contributed by atoms with E-state index >= 15 is 0 Å². The molecule has 0 aromatic carbocycles. The van der Waals surface area contributed by atoms with Crippen LogP contribution in [0.25, 0.3) is 0 Å². The van der Waals surface area contributed by atoms with Crippen LogP contribution < -0.4 is 5.32 Å². The van der Waals surface area contributed by atoms with Gasteiger partial charge in [0.05, 0.1) is 0 Å². The van der Waals surface area contributed by atoms with Gasteiger partial charge in [-0.2, -0.15) is 0 Å². The minimum absolute atomic E-state index is 0.113. The highest BCUT2D eigenvalue weighted by Gasteiger charge is 2.60. The summed E-state index contributed by atoms with van der Waals surface area (Å²) in [6.07, 6.45) is 8.10. The van der Waals surface area contributed by atoms with E-state index in [0.29, 0.717) is 30.1 Å². The second-order valence-electron chi connectivity index (χ2n) is 11.3. The number of allylic oxidation sites excluding steroid dienone is 2. The maximum atomic E-state index is 13.6. The SMILES string of the molecule is CC(C)N(C(=O)[C@H]1CCC2C3CNC4=CC(=O)CC[C@]4(C)C3CC[C@@]21C)C(C)C. The summed E-state index contributed by atoms with van der Waals surface area (Å²) < 4.78 is 0. The van der Waals surface area contributed by atoms with Crippen LogP contribution in [-0.4, -0.2) is 35.2 Å². The molecule has 1 heterocycles. The van der Waals surface area contributed by atoms with Gasteiger partial charge in [-0.15, -0.1) is 0 Å². The normalized spacial score (nSPS) is 41.4. The number of ketones is 1. The number of carbonyl (C=O) groups excluding carboxylic acids is 2. The molecular formula is C25H40N2O2. The molecule has 4 heteroatoms. The van der Waals surface area contributed by atoms with Crippen LogP contribution in [-0.2, 0) is 9.59 Å². The number of hydrogen-bond donors (Lipinski definition) is 1. The van der Waals surface area contributed by atoms with Gasteiger partial charge in [-0.3, -0.25) is 9.59 Å². The summed E-state index contributed by atoms with van der Waals surface area (Å²) >= 11 is 0. The monoisotopic (exact) mass is 400 g/mol. The number of nitrogens with one attached hydrogen (secondary N) is 1. The Morgan fingerprint density at radius 1 is 1.07 bits per heavy atom. The first-order valence-electron chi connectivity index (χ1n) is 11.9. The van der Waals surface area contributed by atoms with Crippen LogP contribution in [0.3, 0.4) is 0 Å². The van der Waals surface area contributed by atoms with E-state index < -0.39 is 0 Å². The van der Waals surface area contributed by atoms with Gasteiger partial charge in [0.15, 0.2) is 5.78 Å². The molecule has 1 aliphatic heterocycles. The summed E-state index contributed by atoms with van der Waals surface area (Å²) in [6.45, 7) is 14.4. The number of amides is 1. The van der Waals surface area contributed by atoms with Crippen molar-refractivity contribution in [1.82, 2.24) is 10.2 Å². The summed E-state index contributed by atoms with van der Waals surface area (Å²) in [5, 5.41) is 3.67. The van der Waals surface area contributed by atoms with Gasteiger partial charge in [0, 0.05) is 48.2 Å². The lowest BCUT2D eigenvalue weighted by Gasteiger charge is -2.58. The fourth-order valence-electron chi connectivity index (χ4n) is 7.84. The van der Waals surface area contributed by atoms with Crippen molar-refractivity contribution in [3.63, 3.8) is 0 Å². The Bertz CT molecular complexity index is 718. The molecule has 2 saturated carbocycles. The van der Waals surface area contributed by atoms with Gasteiger partial charge in [-0.1, -0.05) is 13.8 Å². The zero-order valence-electron chi connectivity index (χ0n) is 19.3. The smallest absolute Gasteiger partial charge is 0.226 e. The quantitative estimate of drug-likeness (QED) is 0.756. The first-order valence-corrected chi connectivity index (χ1v) is 11.9. The lowest BCUT2D eigenvalue weighted by Crippen LogP contribution is -2.57. The zero-order chi connectivity index (χ0) is 21.1. The molecule has 0 spiro atoms. The molecule has 4 aliphatic rings. The van der Waals surface area contributed by atoms with Gasteiger partial charge in [-0.25, -0.2) is 0 Å². The van der Waals surface area contributed by atoms with Gasteiger partial charge in [0.1, 0.15) is 0 Å². The summed E-state index contributed by atoms with van der Waals surface area (Å²) in [7, 11) is 0.